The zero-order chi connectivity index (χ0) is 22.8. The lowest BCUT2D eigenvalue weighted by Gasteiger charge is -2.33. The average Bonchev–Trinajstić information content (AvgIpc) is 2.79. The van der Waals surface area contributed by atoms with Crippen molar-refractivity contribution in [2.45, 2.75) is 45.8 Å². The first-order valence-electron chi connectivity index (χ1n) is 11.3. The van der Waals surface area contributed by atoms with Crippen LogP contribution in [0.15, 0.2) is 53.5 Å². The minimum Gasteiger partial charge on any atom is -0.484 e. The van der Waals surface area contributed by atoms with Crippen molar-refractivity contribution in [2.75, 3.05) is 26.2 Å². The minimum atomic E-state index is -0.489. The summed E-state index contributed by atoms with van der Waals surface area (Å²) in [5.74, 6) is 0.959. The van der Waals surface area contributed by atoms with Crippen LogP contribution in [0.3, 0.4) is 0 Å². The number of carbonyl (C=O) groups excluding carboxylic acids is 1. The Kier molecular flexibility index (Phi) is 11.5. The summed E-state index contributed by atoms with van der Waals surface area (Å²) in [6.07, 6.45) is 2.18. The van der Waals surface area contributed by atoms with Crippen molar-refractivity contribution in [3.05, 3.63) is 65.2 Å². The fourth-order valence-electron chi connectivity index (χ4n) is 3.84. The van der Waals surface area contributed by atoms with Gasteiger partial charge in [-0.2, -0.15) is 0 Å². The van der Waals surface area contributed by atoms with Gasteiger partial charge in [0.2, 0.25) is 0 Å². The van der Waals surface area contributed by atoms with E-state index in [9.17, 15) is 4.79 Å². The number of aryl methyl sites for hydroxylation is 1. The summed E-state index contributed by atoms with van der Waals surface area (Å²) < 4.78 is 5.38. The van der Waals surface area contributed by atoms with E-state index in [1.807, 2.05) is 24.3 Å². The summed E-state index contributed by atoms with van der Waals surface area (Å²) in [6, 6.07) is 16.6. The number of hydrogen-bond acceptors (Lipinski definition) is 4. The Bertz CT molecular complexity index is 913. The van der Waals surface area contributed by atoms with Gasteiger partial charge in [-0.25, -0.2) is 4.99 Å². The molecule has 0 saturated carbocycles. The molecule has 1 saturated heterocycles. The van der Waals surface area contributed by atoms with Crippen LogP contribution in [0.2, 0.25) is 0 Å². The number of aliphatic imine (C=N–C) groups is 1. The molecular formula is C25H36IN5O2. The minimum absolute atomic E-state index is 0. The zero-order valence-electron chi connectivity index (χ0n) is 19.5. The third-order valence-corrected chi connectivity index (χ3v) is 5.63. The number of halogens is 1. The lowest BCUT2D eigenvalue weighted by molar-refractivity contribution is -0.119. The van der Waals surface area contributed by atoms with Crippen LogP contribution in [0.1, 0.15) is 36.5 Å². The second-order valence-electron chi connectivity index (χ2n) is 8.22. The number of primary amides is 1. The number of nitrogens with zero attached hydrogens (tertiary/aromatic N) is 2. The van der Waals surface area contributed by atoms with Crippen molar-refractivity contribution in [1.82, 2.24) is 15.5 Å². The SMILES string of the molecule is CCNC(=NCc1cccc(OCC(N)=O)c1)NC1CCN(Cc2ccccc2C)CC1.I. The van der Waals surface area contributed by atoms with Gasteiger partial charge >= 0.3 is 0 Å². The first kappa shape index (κ1) is 26.9. The summed E-state index contributed by atoms with van der Waals surface area (Å²) in [6.45, 7) is 8.62. The molecule has 3 rings (SSSR count). The molecule has 2 aromatic carbocycles. The molecule has 0 aromatic heterocycles. The van der Waals surface area contributed by atoms with Crippen molar-refractivity contribution < 1.29 is 9.53 Å². The molecule has 0 aliphatic carbocycles. The van der Waals surface area contributed by atoms with Gasteiger partial charge in [0, 0.05) is 32.2 Å². The number of piperidine rings is 1. The molecule has 7 nitrogen and oxygen atoms in total. The number of amides is 1. The van der Waals surface area contributed by atoms with Crippen LogP contribution < -0.4 is 21.1 Å². The second-order valence-corrected chi connectivity index (χ2v) is 8.22. The van der Waals surface area contributed by atoms with Gasteiger partial charge in [-0.15, -0.1) is 24.0 Å². The van der Waals surface area contributed by atoms with E-state index in [1.54, 1.807) is 0 Å². The Hall–Kier alpha value is -2.33. The smallest absolute Gasteiger partial charge is 0.255 e. The molecule has 0 spiro atoms. The van der Waals surface area contributed by atoms with Gasteiger partial charge in [-0.3, -0.25) is 9.69 Å². The largest absolute Gasteiger partial charge is 0.484 e. The van der Waals surface area contributed by atoms with Crippen LogP contribution in [-0.4, -0.2) is 49.0 Å². The molecule has 1 fully saturated rings. The zero-order valence-corrected chi connectivity index (χ0v) is 21.9. The highest BCUT2D eigenvalue weighted by Crippen LogP contribution is 2.17. The number of rotatable bonds is 9. The summed E-state index contributed by atoms with van der Waals surface area (Å²) in [7, 11) is 0. The number of hydrogen-bond donors (Lipinski definition) is 3. The maximum atomic E-state index is 10.9. The molecule has 0 unspecified atom stereocenters. The number of likely N-dealkylation sites (tertiary alicyclic amines) is 1. The quantitative estimate of drug-likeness (QED) is 0.247. The Morgan fingerprint density at radius 3 is 2.64 bits per heavy atom. The molecule has 1 amide bonds. The van der Waals surface area contributed by atoms with Gasteiger partial charge in [-0.1, -0.05) is 36.4 Å². The van der Waals surface area contributed by atoms with Crippen molar-refractivity contribution in [2.24, 2.45) is 10.7 Å². The normalized spacial score (nSPS) is 14.9. The van der Waals surface area contributed by atoms with E-state index in [0.717, 1.165) is 50.5 Å². The van der Waals surface area contributed by atoms with Gasteiger partial charge in [-0.05, 0) is 55.5 Å². The predicted molar refractivity (Wildman–Crippen MR) is 144 cm³/mol. The molecule has 33 heavy (non-hydrogen) atoms. The van der Waals surface area contributed by atoms with Gasteiger partial charge in [0.15, 0.2) is 12.6 Å². The Morgan fingerprint density at radius 2 is 1.94 bits per heavy atom. The van der Waals surface area contributed by atoms with E-state index >= 15 is 0 Å². The second kappa shape index (κ2) is 14.0. The molecule has 2 aromatic rings. The monoisotopic (exact) mass is 565 g/mol. The molecule has 1 heterocycles. The number of nitrogens with two attached hydrogens (primary N) is 1. The molecular weight excluding hydrogens is 529 g/mol. The first-order valence-corrected chi connectivity index (χ1v) is 11.3. The summed E-state index contributed by atoms with van der Waals surface area (Å²) in [4.78, 5) is 18.2. The highest BCUT2D eigenvalue weighted by molar-refractivity contribution is 14.0. The lowest BCUT2D eigenvalue weighted by atomic mass is 10.0. The molecule has 0 bridgehead atoms. The van der Waals surface area contributed by atoms with Gasteiger partial charge < -0.3 is 21.1 Å². The summed E-state index contributed by atoms with van der Waals surface area (Å²) >= 11 is 0. The van der Waals surface area contributed by atoms with Gasteiger partial charge in [0.25, 0.3) is 5.91 Å². The number of ether oxygens (including phenoxy) is 1. The standard InChI is InChI=1S/C25H35N5O2.HI/c1-3-27-25(28-16-20-8-6-10-23(15-20)32-18-24(26)31)29-22-11-13-30(14-12-22)17-21-9-5-4-7-19(21)2;/h4-10,15,22H,3,11-14,16-18H2,1-2H3,(H2,26,31)(H2,27,28,29);1H. The fraction of sp³-hybridized carbons (Fsp3) is 0.440. The number of nitrogens with one attached hydrogen (secondary N) is 2. The number of benzene rings is 2. The van der Waals surface area contributed by atoms with Crippen LogP contribution in [0, 0.1) is 6.92 Å². The summed E-state index contributed by atoms with van der Waals surface area (Å²) in [5, 5.41) is 6.94. The fourth-order valence-corrected chi connectivity index (χ4v) is 3.84. The molecule has 1 aliphatic heterocycles. The van der Waals surface area contributed by atoms with E-state index in [1.165, 1.54) is 11.1 Å². The molecule has 8 heteroatoms. The Labute approximate surface area is 214 Å². The average molecular weight is 566 g/mol. The van der Waals surface area contributed by atoms with Crippen molar-refractivity contribution in [3.8, 4) is 5.75 Å². The van der Waals surface area contributed by atoms with Crippen molar-refractivity contribution in [1.29, 1.82) is 0 Å². The number of carbonyl (C=O) groups is 1. The maximum absolute atomic E-state index is 10.9. The van der Waals surface area contributed by atoms with Crippen LogP contribution in [0.4, 0.5) is 0 Å². The molecule has 0 atom stereocenters. The van der Waals surface area contributed by atoms with E-state index in [4.69, 9.17) is 15.5 Å². The maximum Gasteiger partial charge on any atom is 0.255 e. The van der Waals surface area contributed by atoms with Crippen LogP contribution in [-0.2, 0) is 17.9 Å². The lowest BCUT2D eigenvalue weighted by Crippen LogP contribution is -2.48. The highest BCUT2D eigenvalue weighted by atomic mass is 127. The topological polar surface area (TPSA) is 92.0 Å². The Balaban J connectivity index is 0.00000385. The number of guanidine groups is 1. The van der Waals surface area contributed by atoms with E-state index < -0.39 is 5.91 Å². The molecule has 0 radical (unpaired) electrons. The highest BCUT2D eigenvalue weighted by Gasteiger charge is 2.20. The van der Waals surface area contributed by atoms with Crippen LogP contribution >= 0.6 is 24.0 Å². The van der Waals surface area contributed by atoms with Gasteiger partial charge in [0.1, 0.15) is 5.75 Å². The predicted octanol–water partition coefficient (Wildman–Crippen LogP) is 3.20. The van der Waals surface area contributed by atoms with E-state index in [2.05, 4.69) is 53.6 Å². The third-order valence-electron chi connectivity index (χ3n) is 5.63. The van der Waals surface area contributed by atoms with E-state index in [0.29, 0.717) is 18.3 Å². The van der Waals surface area contributed by atoms with Crippen molar-refractivity contribution >= 4 is 35.8 Å². The molecule has 180 valence electrons. The van der Waals surface area contributed by atoms with Crippen LogP contribution in [0.5, 0.6) is 5.75 Å². The molecule has 4 N–H and O–H groups in total. The van der Waals surface area contributed by atoms with E-state index in [-0.39, 0.29) is 30.6 Å². The Morgan fingerprint density at radius 1 is 1.18 bits per heavy atom. The van der Waals surface area contributed by atoms with Crippen LogP contribution in [0.25, 0.3) is 0 Å². The first-order chi connectivity index (χ1) is 15.5. The molecule has 1 aliphatic rings. The van der Waals surface area contributed by atoms with Gasteiger partial charge in [0.05, 0.1) is 6.54 Å². The van der Waals surface area contributed by atoms with Crippen molar-refractivity contribution in [3.63, 3.8) is 0 Å². The third kappa shape index (κ3) is 9.21. The summed E-state index contributed by atoms with van der Waals surface area (Å²) in [5.41, 5.74) is 8.93.